The van der Waals surface area contributed by atoms with Gasteiger partial charge in [-0.1, -0.05) is 11.6 Å². The van der Waals surface area contributed by atoms with Crippen LogP contribution >= 0.6 is 11.6 Å². The first kappa shape index (κ1) is 10.2. The van der Waals surface area contributed by atoms with Gasteiger partial charge in [-0.2, -0.15) is 0 Å². The summed E-state index contributed by atoms with van der Waals surface area (Å²) >= 11 is 5.58. The van der Waals surface area contributed by atoms with Gasteiger partial charge in [0, 0.05) is 19.4 Å². The molecule has 0 unspecified atom stereocenters. The molecule has 0 aromatic carbocycles. The molecule has 5 nitrogen and oxygen atoms in total. The number of halogens is 1. The molecule has 1 N–H and O–H groups in total. The maximum Gasteiger partial charge on any atom is 0.250 e. The van der Waals surface area contributed by atoms with E-state index in [0.717, 1.165) is 6.26 Å². The van der Waals surface area contributed by atoms with Gasteiger partial charge < -0.3 is 5.32 Å². The Balaban J connectivity index is 3.33. The summed E-state index contributed by atoms with van der Waals surface area (Å²) in [6, 6.07) is 1.44. The quantitative estimate of drug-likeness (QED) is 0.584. The predicted molar refractivity (Wildman–Crippen MR) is 49.7 cm³/mol. The summed E-state index contributed by atoms with van der Waals surface area (Å²) in [5.41, 5.74) is 0. The van der Waals surface area contributed by atoms with Crippen LogP contribution in [0.3, 0.4) is 0 Å². The van der Waals surface area contributed by atoms with Crippen molar-refractivity contribution in [3.8, 4) is 0 Å². The van der Waals surface area contributed by atoms with Gasteiger partial charge in [0.05, 0.1) is 0 Å². The zero-order valence-electron chi connectivity index (χ0n) is 7.07. The Morgan fingerprint density at radius 2 is 2.08 bits per heavy atom. The molecule has 1 aromatic rings. The van der Waals surface area contributed by atoms with E-state index in [0.29, 0.717) is 5.82 Å². The molecular weight excluding hydrogens is 214 g/mol. The van der Waals surface area contributed by atoms with Crippen molar-refractivity contribution in [3.05, 3.63) is 11.2 Å². The molecular formula is C6H8ClN3O2S. The highest BCUT2D eigenvalue weighted by molar-refractivity contribution is 7.90. The van der Waals surface area contributed by atoms with Crippen molar-refractivity contribution in [2.24, 2.45) is 0 Å². The molecule has 0 aliphatic heterocycles. The molecule has 0 saturated carbocycles. The third-order valence-electron chi connectivity index (χ3n) is 1.26. The highest BCUT2D eigenvalue weighted by atomic mass is 35.5. The summed E-state index contributed by atoms with van der Waals surface area (Å²) < 4.78 is 22.1. The molecule has 0 saturated heterocycles. The molecule has 0 fully saturated rings. The summed E-state index contributed by atoms with van der Waals surface area (Å²) in [4.78, 5) is 7.31. The number of nitrogens with zero attached hydrogens (tertiary/aromatic N) is 2. The van der Waals surface area contributed by atoms with Gasteiger partial charge >= 0.3 is 0 Å². The van der Waals surface area contributed by atoms with Gasteiger partial charge in [0.2, 0.25) is 15.0 Å². The summed E-state index contributed by atoms with van der Waals surface area (Å²) in [7, 11) is -1.79. The molecule has 72 valence electrons. The van der Waals surface area contributed by atoms with Crippen molar-refractivity contribution < 1.29 is 8.42 Å². The highest BCUT2D eigenvalue weighted by Crippen LogP contribution is 2.13. The number of rotatable bonds is 2. The first-order valence-electron chi connectivity index (χ1n) is 3.36. The fourth-order valence-corrected chi connectivity index (χ4v) is 1.45. The van der Waals surface area contributed by atoms with E-state index >= 15 is 0 Å². The Bertz CT molecular complexity index is 418. The topological polar surface area (TPSA) is 72.0 Å². The van der Waals surface area contributed by atoms with Crippen LogP contribution in [-0.4, -0.2) is 31.7 Å². The van der Waals surface area contributed by atoms with Gasteiger partial charge in [-0.25, -0.2) is 18.4 Å². The summed E-state index contributed by atoms with van der Waals surface area (Å²) in [6.07, 6.45) is 1.03. The van der Waals surface area contributed by atoms with Crippen LogP contribution in [0.2, 0.25) is 5.15 Å². The molecule has 1 aromatic heterocycles. The van der Waals surface area contributed by atoms with Gasteiger partial charge in [-0.3, -0.25) is 0 Å². The Hall–Kier alpha value is -0.880. The van der Waals surface area contributed by atoms with Gasteiger partial charge in [0.15, 0.2) is 0 Å². The van der Waals surface area contributed by atoms with Gasteiger partial charge in [-0.15, -0.1) is 0 Å². The summed E-state index contributed by atoms with van der Waals surface area (Å²) in [5.74, 6) is 0.375. The first-order chi connectivity index (χ1) is 5.93. The number of anilines is 1. The number of hydrogen-bond donors (Lipinski definition) is 1. The molecule has 1 rings (SSSR count). The van der Waals surface area contributed by atoms with E-state index in [-0.39, 0.29) is 10.3 Å². The minimum absolute atomic E-state index is 0.0970. The molecule has 13 heavy (non-hydrogen) atoms. The van der Waals surface area contributed by atoms with Crippen molar-refractivity contribution in [2.75, 3.05) is 18.6 Å². The zero-order valence-corrected chi connectivity index (χ0v) is 8.65. The van der Waals surface area contributed by atoms with Crippen LogP contribution in [0.25, 0.3) is 0 Å². The SMILES string of the molecule is CNc1cc(Cl)nc(S(C)(=O)=O)n1. The fourth-order valence-electron chi connectivity index (χ4n) is 0.691. The van der Waals surface area contributed by atoms with Crippen molar-refractivity contribution in [2.45, 2.75) is 5.16 Å². The third-order valence-corrected chi connectivity index (χ3v) is 2.30. The standard InChI is InChI=1S/C6H8ClN3O2S/c1-8-5-3-4(7)9-6(10-5)13(2,11)12/h3H,1-2H3,(H,8,9,10). The summed E-state index contributed by atoms with van der Waals surface area (Å²) in [6.45, 7) is 0. The van der Waals surface area contributed by atoms with Gasteiger partial charge in [-0.05, 0) is 0 Å². The molecule has 0 aliphatic carbocycles. The minimum Gasteiger partial charge on any atom is -0.373 e. The first-order valence-corrected chi connectivity index (χ1v) is 5.63. The lowest BCUT2D eigenvalue weighted by Crippen LogP contribution is -2.06. The maximum absolute atomic E-state index is 11.0. The largest absolute Gasteiger partial charge is 0.373 e. The Kier molecular flexibility index (Phi) is 2.72. The molecule has 0 bridgehead atoms. The maximum atomic E-state index is 11.0. The van der Waals surface area contributed by atoms with Gasteiger partial charge in [0.1, 0.15) is 11.0 Å². The molecule has 0 amide bonds. The fraction of sp³-hybridized carbons (Fsp3) is 0.333. The van der Waals surface area contributed by atoms with Gasteiger partial charge in [0.25, 0.3) is 0 Å². The van der Waals surface area contributed by atoms with E-state index in [9.17, 15) is 8.42 Å². The normalized spacial score (nSPS) is 11.3. The van der Waals surface area contributed by atoms with Crippen LogP contribution in [0.4, 0.5) is 5.82 Å². The molecule has 0 atom stereocenters. The Morgan fingerprint density at radius 1 is 1.46 bits per heavy atom. The summed E-state index contributed by atoms with van der Waals surface area (Å²) in [5, 5.41) is 2.50. The van der Waals surface area contributed by atoms with Crippen molar-refractivity contribution in [1.82, 2.24) is 9.97 Å². The van der Waals surface area contributed by atoms with E-state index in [1.807, 2.05) is 0 Å². The van der Waals surface area contributed by atoms with E-state index < -0.39 is 9.84 Å². The number of aromatic nitrogens is 2. The molecule has 0 radical (unpaired) electrons. The average Bonchev–Trinajstić information content (AvgIpc) is 2.01. The molecule has 0 aliphatic rings. The number of sulfone groups is 1. The second-order valence-corrected chi connectivity index (χ2v) is 4.68. The van der Waals surface area contributed by atoms with Crippen LogP contribution < -0.4 is 5.32 Å². The van der Waals surface area contributed by atoms with E-state index in [1.165, 1.54) is 6.07 Å². The lowest BCUT2D eigenvalue weighted by atomic mass is 10.6. The van der Waals surface area contributed by atoms with Crippen LogP contribution in [0, 0.1) is 0 Å². The molecule has 1 heterocycles. The van der Waals surface area contributed by atoms with E-state index in [4.69, 9.17) is 11.6 Å². The van der Waals surface area contributed by atoms with E-state index in [2.05, 4.69) is 15.3 Å². The zero-order chi connectivity index (χ0) is 10.1. The van der Waals surface area contributed by atoms with Crippen LogP contribution in [0.5, 0.6) is 0 Å². The van der Waals surface area contributed by atoms with E-state index in [1.54, 1.807) is 7.05 Å². The van der Waals surface area contributed by atoms with Crippen molar-refractivity contribution in [1.29, 1.82) is 0 Å². The highest BCUT2D eigenvalue weighted by Gasteiger charge is 2.12. The van der Waals surface area contributed by atoms with Crippen LogP contribution in [0.1, 0.15) is 0 Å². The van der Waals surface area contributed by atoms with Crippen molar-refractivity contribution in [3.63, 3.8) is 0 Å². The Labute approximate surface area is 81.1 Å². The number of nitrogens with one attached hydrogen (secondary N) is 1. The van der Waals surface area contributed by atoms with Crippen molar-refractivity contribution >= 4 is 27.3 Å². The predicted octanol–water partition coefficient (Wildman–Crippen LogP) is 0.575. The lowest BCUT2D eigenvalue weighted by molar-refractivity contribution is 0.593. The molecule has 7 heteroatoms. The lowest BCUT2D eigenvalue weighted by Gasteiger charge is -2.01. The molecule has 0 spiro atoms. The minimum atomic E-state index is -3.40. The monoisotopic (exact) mass is 221 g/mol. The second-order valence-electron chi connectivity index (χ2n) is 2.38. The van der Waals surface area contributed by atoms with Crippen LogP contribution in [0.15, 0.2) is 11.2 Å². The second kappa shape index (κ2) is 3.47. The number of hydrogen-bond acceptors (Lipinski definition) is 5. The average molecular weight is 222 g/mol. The Morgan fingerprint density at radius 3 is 2.54 bits per heavy atom. The third kappa shape index (κ3) is 2.53. The van der Waals surface area contributed by atoms with Crippen LogP contribution in [-0.2, 0) is 9.84 Å². The smallest absolute Gasteiger partial charge is 0.250 e.